The normalized spacial score (nSPS) is 35.1. The lowest BCUT2D eigenvalue weighted by Crippen LogP contribution is -2.40. The molecule has 0 spiro atoms. The standard InChI is InChI=1S/C15H31NO/c1-6-7-8-9-10-14(16-5)15-11(2)12(3)17-13(15)4/h11-16H,6-10H2,1-5H3. The molecule has 0 saturated carbocycles. The Balaban J connectivity index is 2.43. The van der Waals surface area contributed by atoms with E-state index >= 15 is 0 Å². The van der Waals surface area contributed by atoms with E-state index in [0.717, 1.165) is 0 Å². The smallest absolute Gasteiger partial charge is 0.0597 e. The molecule has 5 unspecified atom stereocenters. The molecule has 0 amide bonds. The number of nitrogens with one attached hydrogen (secondary N) is 1. The molecule has 2 heteroatoms. The van der Waals surface area contributed by atoms with Crippen LogP contribution in [0.1, 0.15) is 59.8 Å². The van der Waals surface area contributed by atoms with E-state index in [9.17, 15) is 0 Å². The highest BCUT2D eigenvalue weighted by molar-refractivity contribution is 4.91. The van der Waals surface area contributed by atoms with E-state index in [1.165, 1.54) is 32.1 Å². The molecule has 1 heterocycles. The maximum atomic E-state index is 5.96. The van der Waals surface area contributed by atoms with E-state index in [2.05, 4.69) is 40.1 Å². The van der Waals surface area contributed by atoms with Crippen molar-refractivity contribution in [1.82, 2.24) is 5.32 Å². The fourth-order valence-electron chi connectivity index (χ4n) is 3.31. The molecular weight excluding hydrogens is 210 g/mol. The molecule has 0 aliphatic carbocycles. The monoisotopic (exact) mass is 241 g/mol. The number of ether oxygens (including phenoxy) is 1. The summed E-state index contributed by atoms with van der Waals surface area (Å²) in [7, 11) is 2.10. The molecule has 17 heavy (non-hydrogen) atoms. The summed E-state index contributed by atoms with van der Waals surface area (Å²) in [6.07, 6.45) is 7.54. The molecule has 5 atom stereocenters. The van der Waals surface area contributed by atoms with Gasteiger partial charge in [0.2, 0.25) is 0 Å². The van der Waals surface area contributed by atoms with Crippen molar-refractivity contribution in [3.8, 4) is 0 Å². The second-order valence-electron chi connectivity index (χ2n) is 5.73. The first-order chi connectivity index (χ1) is 8.11. The largest absolute Gasteiger partial charge is 0.375 e. The van der Waals surface area contributed by atoms with Gasteiger partial charge in [-0.2, -0.15) is 0 Å². The molecule has 1 N–H and O–H groups in total. The predicted molar refractivity (Wildman–Crippen MR) is 74.3 cm³/mol. The lowest BCUT2D eigenvalue weighted by atomic mass is 9.81. The summed E-state index contributed by atoms with van der Waals surface area (Å²) in [5.41, 5.74) is 0. The van der Waals surface area contributed by atoms with Crippen LogP contribution in [0.3, 0.4) is 0 Å². The summed E-state index contributed by atoms with van der Waals surface area (Å²) in [4.78, 5) is 0. The van der Waals surface area contributed by atoms with Crippen molar-refractivity contribution >= 4 is 0 Å². The summed E-state index contributed by atoms with van der Waals surface area (Å²) in [6.45, 7) is 9.06. The van der Waals surface area contributed by atoms with E-state index < -0.39 is 0 Å². The maximum absolute atomic E-state index is 5.96. The molecule has 0 radical (unpaired) electrons. The van der Waals surface area contributed by atoms with Crippen molar-refractivity contribution in [3.63, 3.8) is 0 Å². The van der Waals surface area contributed by atoms with Gasteiger partial charge in [0.15, 0.2) is 0 Å². The molecule has 0 aromatic heterocycles. The Morgan fingerprint density at radius 1 is 1.06 bits per heavy atom. The SMILES string of the molecule is CCCCCCC(NC)C1C(C)OC(C)C1C. The number of hydrogen-bond acceptors (Lipinski definition) is 2. The topological polar surface area (TPSA) is 21.3 Å². The molecule has 1 aliphatic rings. The van der Waals surface area contributed by atoms with E-state index in [-0.39, 0.29) is 0 Å². The van der Waals surface area contributed by atoms with Gasteiger partial charge in [-0.05, 0) is 33.2 Å². The Kier molecular flexibility index (Phi) is 6.50. The molecule has 2 nitrogen and oxygen atoms in total. The summed E-state index contributed by atoms with van der Waals surface area (Å²) in [6, 6.07) is 0.627. The molecule has 1 fully saturated rings. The Bertz CT molecular complexity index is 207. The molecule has 0 aromatic rings. The van der Waals surface area contributed by atoms with Gasteiger partial charge < -0.3 is 10.1 Å². The van der Waals surface area contributed by atoms with Gasteiger partial charge >= 0.3 is 0 Å². The van der Waals surface area contributed by atoms with Gasteiger partial charge in [-0.15, -0.1) is 0 Å². The zero-order valence-corrected chi connectivity index (χ0v) is 12.3. The fourth-order valence-corrected chi connectivity index (χ4v) is 3.31. The van der Waals surface area contributed by atoms with Crippen molar-refractivity contribution in [2.45, 2.75) is 78.0 Å². The van der Waals surface area contributed by atoms with Gasteiger partial charge in [-0.25, -0.2) is 0 Å². The fraction of sp³-hybridized carbons (Fsp3) is 1.00. The van der Waals surface area contributed by atoms with Crippen LogP contribution in [-0.4, -0.2) is 25.3 Å². The minimum atomic E-state index is 0.406. The Labute approximate surface area is 108 Å². The molecule has 0 aromatic carbocycles. The first-order valence-electron chi connectivity index (χ1n) is 7.44. The lowest BCUT2D eigenvalue weighted by molar-refractivity contribution is 0.0474. The van der Waals surface area contributed by atoms with Crippen LogP contribution in [0, 0.1) is 11.8 Å². The average molecular weight is 241 g/mol. The molecular formula is C15H31NO. The Morgan fingerprint density at radius 2 is 1.76 bits per heavy atom. The summed E-state index contributed by atoms with van der Waals surface area (Å²) >= 11 is 0. The van der Waals surface area contributed by atoms with Crippen molar-refractivity contribution in [3.05, 3.63) is 0 Å². The second-order valence-corrected chi connectivity index (χ2v) is 5.73. The van der Waals surface area contributed by atoms with Crippen LogP contribution in [0.4, 0.5) is 0 Å². The van der Waals surface area contributed by atoms with Crippen molar-refractivity contribution in [1.29, 1.82) is 0 Å². The zero-order valence-electron chi connectivity index (χ0n) is 12.3. The van der Waals surface area contributed by atoms with Crippen LogP contribution in [0.5, 0.6) is 0 Å². The number of hydrogen-bond donors (Lipinski definition) is 1. The van der Waals surface area contributed by atoms with E-state index in [1.54, 1.807) is 0 Å². The third-order valence-corrected chi connectivity index (χ3v) is 4.52. The molecule has 0 bridgehead atoms. The minimum Gasteiger partial charge on any atom is -0.375 e. The third kappa shape index (κ3) is 3.96. The van der Waals surface area contributed by atoms with Gasteiger partial charge in [0.05, 0.1) is 12.2 Å². The molecule has 102 valence electrons. The first-order valence-corrected chi connectivity index (χ1v) is 7.44. The van der Waals surface area contributed by atoms with Crippen molar-refractivity contribution in [2.75, 3.05) is 7.05 Å². The van der Waals surface area contributed by atoms with Gasteiger partial charge in [0, 0.05) is 12.0 Å². The minimum absolute atomic E-state index is 0.406. The Hall–Kier alpha value is -0.0800. The first kappa shape index (κ1) is 15.0. The van der Waals surface area contributed by atoms with Gasteiger partial charge in [0.25, 0.3) is 0 Å². The van der Waals surface area contributed by atoms with Crippen LogP contribution >= 0.6 is 0 Å². The number of rotatable bonds is 7. The highest BCUT2D eigenvalue weighted by atomic mass is 16.5. The Morgan fingerprint density at radius 3 is 2.24 bits per heavy atom. The van der Waals surface area contributed by atoms with Crippen LogP contribution in [-0.2, 0) is 4.74 Å². The highest BCUT2D eigenvalue weighted by Crippen LogP contribution is 2.35. The quantitative estimate of drug-likeness (QED) is 0.688. The van der Waals surface area contributed by atoms with E-state index in [4.69, 9.17) is 4.74 Å². The predicted octanol–water partition coefficient (Wildman–Crippen LogP) is 3.60. The van der Waals surface area contributed by atoms with Crippen LogP contribution in [0.2, 0.25) is 0 Å². The van der Waals surface area contributed by atoms with Gasteiger partial charge in [-0.1, -0.05) is 39.5 Å². The van der Waals surface area contributed by atoms with Gasteiger partial charge in [-0.3, -0.25) is 0 Å². The summed E-state index contributed by atoms with van der Waals surface area (Å²) < 4.78 is 5.96. The molecule has 1 rings (SSSR count). The second kappa shape index (κ2) is 7.38. The number of unbranched alkanes of at least 4 members (excludes halogenated alkanes) is 3. The van der Waals surface area contributed by atoms with Crippen molar-refractivity contribution < 1.29 is 4.74 Å². The third-order valence-electron chi connectivity index (χ3n) is 4.52. The average Bonchev–Trinajstić information content (AvgIpc) is 2.55. The summed E-state index contributed by atoms with van der Waals surface area (Å²) in [5, 5.41) is 3.52. The highest BCUT2D eigenvalue weighted by Gasteiger charge is 2.40. The maximum Gasteiger partial charge on any atom is 0.0597 e. The van der Waals surface area contributed by atoms with Crippen molar-refractivity contribution in [2.24, 2.45) is 11.8 Å². The summed E-state index contributed by atoms with van der Waals surface area (Å²) in [5.74, 6) is 1.35. The van der Waals surface area contributed by atoms with Crippen LogP contribution < -0.4 is 5.32 Å². The lowest BCUT2D eigenvalue weighted by Gasteiger charge is -2.28. The van der Waals surface area contributed by atoms with E-state index in [0.29, 0.717) is 30.1 Å². The van der Waals surface area contributed by atoms with Crippen LogP contribution in [0.25, 0.3) is 0 Å². The molecule has 1 saturated heterocycles. The van der Waals surface area contributed by atoms with Crippen LogP contribution in [0.15, 0.2) is 0 Å². The van der Waals surface area contributed by atoms with E-state index in [1.807, 2.05) is 0 Å². The van der Waals surface area contributed by atoms with Gasteiger partial charge in [0.1, 0.15) is 0 Å². The zero-order chi connectivity index (χ0) is 12.8. The molecule has 1 aliphatic heterocycles.